The maximum absolute atomic E-state index is 11.7. The van der Waals surface area contributed by atoms with Crippen LogP contribution in [0.4, 0.5) is 5.13 Å². The Bertz CT molecular complexity index is 596. The van der Waals surface area contributed by atoms with E-state index < -0.39 is 0 Å². The summed E-state index contributed by atoms with van der Waals surface area (Å²) in [4.78, 5) is 16.9. The third-order valence-electron chi connectivity index (χ3n) is 3.19. The molecule has 4 nitrogen and oxygen atoms in total. The first-order valence-electron chi connectivity index (χ1n) is 7.05. The van der Waals surface area contributed by atoms with E-state index >= 15 is 0 Å². The van der Waals surface area contributed by atoms with Crippen molar-refractivity contribution in [2.75, 3.05) is 18.5 Å². The Morgan fingerprint density at radius 2 is 2.10 bits per heavy atom. The summed E-state index contributed by atoms with van der Waals surface area (Å²) >= 11 is 1.48. The van der Waals surface area contributed by atoms with Gasteiger partial charge in [-0.2, -0.15) is 0 Å². The number of rotatable bonds is 6. The summed E-state index contributed by atoms with van der Waals surface area (Å²) in [6.07, 6.45) is 0. The van der Waals surface area contributed by atoms with Crippen LogP contribution < -0.4 is 5.32 Å². The van der Waals surface area contributed by atoms with Crippen molar-refractivity contribution in [1.29, 1.82) is 0 Å². The number of thiazole rings is 1. The van der Waals surface area contributed by atoms with Crippen molar-refractivity contribution in [3.05, 3.63) is 46.5 Å². The van der Waals surface area contributed by atoms with Crippen LogP contribution >= 0.6 is 11.3 Å². The summed E-state index contributed by atoms with van der Waals surface area (Å²) in [5.74, 6) is 0.0249. The van der Waals surface area contributed by atoms with Crippen LogP contribution in [-0.2, 0) is 4.74 Å². The third-order valence-corrected chi connectivity index (χ3v) is 4.12. The number of carbonyl (C=O) groups is 1. The highest BCUT2D eigenvalue weighted by Gasteiger charge is 2.16. The fourth-order valence-electron chi connectivity index (χ4n) is 2.00. The minimum atomic E-state index is -0.351. The first-order valence-corrected chi connectivity index (χ1v) is 7.86. The molecule has 0 bridgehead atoms. The van der Waals surface area contributed by atoms with E-state index in [2.05, 4.69) is 29.4 Å². The van der Waals surface area contributed by atoms with Crippen molar-refractivity contribution in [2.45, 2.75) is 26.7 Å². The van der Waals surface area contributed by atoms with Crippen molar-refractivity contribution < 1.29 is 9.53 Å². The molecule has 2 aromatic rings. The van der Waals surface area contributed by atoms with Gasteiger partial charge in [-0.15, -0.1) is 11.3 Å². The smallest absolute Gasteiger partial charge is 0.358 e. The molecular formula is C16H20N2O2S. The molecule has 0 spiro atoms. The van der Waals surface area contributed by atoms with Gasteiger partial charge in [0.25, 0.3) is 0 Å². The van der Waals surface area contributed by atoms with Crippen molar-refractivity contribution in [2.24, 2.45) is 0 Å². The molecule has 1 N–H and O–H groups in total. The monoisotopic (exact) mass is 304 g/mol. The van der Waals surface area contributed by atoms with Gasteiger partial charge in [-0.3, -0.25) is 0 Å². The molecule has 21 heavy (non-hydrogen) atoms. The molecule has 0 aliphatic heterocycles. The number of carbonyl (C=O) groups excluding carboxylic acids is 1. The molecule has 1 aromatic carbocycles. The molecule has 0 amide bonds. The highest BCUT2D eigenvalue weighted by molar-refractivity contribution is 7.15. The summed E-state index contributed by atoms with van der Waals surface area (Å²) in [6.45, 7) is 6.98. The largest absolute Gasteiger partial charge is 0.461 e. The second kappa shape index (κ2) is 7.22. The third kappa shape index (κ3) is 4.04. The van der Waals surface area contributed by atoms with Gasteiger partial charge in [-0.1, -0.05) is 37.3 Å². The average Bonchev–Trinajstić information content (AvgIpc) is 2.87. The SMILES string of the molecule is CCOC(=O)c1nc(NCC(C)c2ccccc2)sc1C. The van der Waals surface area contributed by atoms with Crippen LogP contribution in [0.1, 0.15) is 40.7 Å². The molecule has 0 saturated carbocycles. The predicted octanol–water partition coefficient (Wildman–Crippen LogP) is 3.84. The maximum atomic E-state index is 11.7. The van der Waals surface area contributed by atoms with Crippen LogP contribution in [0.2, 0.25) is 0 Å². The van der Waals surface area contributed by atoms with Crippen LogP contribution in [0.3, 0.4) is 0 Å². The van der Waals surface area contributed by atoms with Gasteiger partial charge in [0.1, 0.15) is 0 Å². The van der Waals surface area contributed by atoms with Gasteiger partial charge < -0.3 is 10.1 Å². The normalized spacial score (nSPS) is 12.0. The summed E-state index contributed by atoms with van der Waals surface area (Å²) in [5.41, 5.74) is 1.70. The van der Waals surface area contributed by atoms with Crippen LogP contribution in [0.15, 0.2) is 30.3 Å². The number of nitrogens with zero attached hydrogens (tertiary/aromatic N) is 1. The Hall–Kier alpha value is -1.88. The van der Waals surface area contributed by atoms with Gasteiger partial charge in [0.05, 0.1) is 6.61 Å². The van der Waals surface area contributed by atoms with E-state index in [4.69, 9.17) is 4.74 Å². The minimum absolute atomic E-state index is 0.351. The Morgan fingerprint density at radius 1 is 1.38 bits per heavy atom. The number of nitrogens with one attached hydrogen (secondary N) is 1. The molecule has 0 aliphatic rings. The van der Waals surface area contributed by atoms with E-state index in [1.807, 2.05) is 25.1 Å². The Morgan fingerprint density at radius 3 is 2.76 bits per heavy atom. The summed E-state index contributed by atoms with van der Waals surface area (Å²) in [5, 5.41) is 4.06. The first kappa shape index (κ1) is 15.5. The van der Waals surface area contributed by atoms with Gasteiger partial charge in [-0.25, -0.2) is 9.78 Å². The van der Waals surface area contributed by atoms with Crippen LogP contribution in [-0.4, -0.2) is 24.1 Å². The zero-order valence-electron chi connectivity index (χ0n) is 12.6. The summed E-state index contributed by atoms with van der Waals surface area (Å²) in [6, 6.07) is 10.3. The van der Waals surface area contributed by atoms with Crippen molar-refractivity contribution >= 4 is 22.4 Å². The number of anilines is 1. The molecule has 1 unspecified atom stereocenters. The fraction of sp³-hybridized carbons (Fsp3) is 0.375. The molecule has 1 aromatic heterocycles. The minimum Gasteiger partial charge on any atom is -0.461 e. The zero-order valence-corrected chi connectivity index (χ0v) is 13.4. The Kier molecular flexibility index (Phi) is 5.33. The molecule has 1 atom stereocenters. The quantitative estimate of drug-likeness (QED) is 0.824. The number of aryl methyl sites for hydroxylation is 1. The number of aromatic nitrogens is 1. The molecule has 0 saturated heterocycles. The van der Waals surface area contributed by atoms with E-state index in [0.29, 0.717) is 18.2 Å². The molecule has 0 radical (unpaired) electrons. The summed E-state index contributed by atoms with van der Waals surface area (Å²) in [7, 11) is 0. The Labute approximate surface area is 129 Å². The number of hydrogen-bond donors (Lipinski definition) is 1. The second-order valence-corrected chi connectivity index (χ2v) is 6.04. The highest BCUT2D eigenvalue weighted by atomic mass is 32.1. The fourth-order valence-corrected chi connectivity index (χ4v) is 2.81. The molecule has 0 fully saturated rings. The molecule has 2 rings (SSSR count). The zero-order chi connectivity index (χ0) is 15.2. The van der Waals surface area contributed by atoms with E-state index in [9.17, 15) is 4.79 Å². The van der Waals surface area contributed by atoms with Gasteiger partial charge in [0.15, 0.2) is 10.8 Å². The second-order valence-electron chi connectivity index (χ2n) is 4.84. The van der Waals surface area contributed by atoms with Crippen molar-refractivity contribution in [3.8, 4) is 0 Å². The molecule has 5 heteroatoms. The van der Waals surface area contributed by atoms with E-state index in [1.54, 1.807) is 6.92 Å². The van der Waals surface area contributed by atoms with E-state index in [1.165, 1.54) is 16.9 Å². The lowest BCUT2D eigenvalue weighted by Crippen LogP contribution is -2.10. The Balaban J connectivity index is 1.98. The van der Waals surface area contributed by atoms with Gasteiger partial charge >= 0.3 is 5.97 Å². The van der Waals surface area contributed by atoms with Gasteiger partial charge in [-0.05, 0) is 25.3 Å². The number of benzene rings is 1. The summed E-state index contributed by atoms with van der Waals surface area (Å²) < 4.78 is 4.99. The molecule has 112 valence electrons. The van der Waals surface area contributed by atoms with Crippen molar-refractivity contribution in [1.82, 2.24) is 4.98 Å². The van der Waals surface area contributed by atoms with Crippen molar-refractivity contribution in [3.63, 3.8) is 0 Å². The molecule has 0 aliphatic carbocycles. The van der Waals surface area contributed by atoms with Gasteiger partial charge in [0, 0.05) is 11.4 Å². The van der Waals surface area contributed by atoms with E-state index in [0.717, 1.165) is 16.6 Å². The molecular weight excluding hydrogens is 284 g/mol. The van der Waals surface area contributed by atoms with E-state index in [-0.39, 0.29) is 5.97 Å². The first-order chi connectivity index (χ1) is 10.1. The molecule has 1 heterocycles. The average molecular weight is 304 g/mol. The lowest BCUT2D eigenvalue weighted by molar-refractivity contribution is 0.0519. The van der Waals surface area contributed by atoms with Crippen LogP contribution in [0.25, 0.3) is 0 Å². The number of hydrogen-bond acceptors (Lipinski definition) is 5. The highest BCUT2D eigenvalue weighted by Crippen LogP contribution is 2.24. The maximum Gasteiger partial charge on any atom is 0.358 e. The number of ether oxygens (including phenoxy) is 1. The lowest BCUT2D eigenvalue weighted by atomic mass is 10.0. The van der Waals surface area contributed by atoms with Gasteiger partial charge in [0.2, 0.25) is 0 Å². The standard InChI is InChI=1S/C16H20N2O2S/c1-4-20-15(19)14-12(3)21-16(18-14)17-10-11(2)13-8-6-5-7-9-13/h5-9,11H,4,10H2,1-3H3,(H,17,18). The lowest BCUT2D eigenvalue weighted by Gasteiger charge is -2.12. The topological polar surface area (TPSA) is 51.2 Å². The van der Waals surface area contributed by atoms with Crippen LogP contribution in [0.5, 0.6) is 0 Å². The predicted molar refractivity (Wildman–Crippen MR) is 86.2 cm³/mol. The number of esters is 1. The van der Waals surface area contributed by atoms with Crippen LogP contribution in [0, 0.1) is 6.92 Å².